The first-order valence-corrected chi connectivity index (χ1v) is 5.47. The summed E-state index contributed by atoms with van der Waals surface area (Å²) in [6, 6.07) is 7.44. The van der Waals surface area contributed by atoms with Gasteiger partial charge >= 0.3 is 0 Å². The number of rotatable bonds is 2. The van der Waals surface area contributed by atoms with Crippen LogP contribution in [0.2, 0.25) is 0 Å². The highest BCUT2D eigenvalue weighted by molar-refractivity contribution is 7.82. The topological polar surface area (TPSA) is 69.1 Å². The average Bonchev–Trinajstić information content (AvgIpc) is 2.60. The molecule has 14 heavy (non-hydrogen) atoms. The molecule has 0 amide bonds. The van der Waals surface area contributed by atoms with Gasteiger partial charge in [-0.1, -0.05) is 17.3 Å². The molecule has 2 atom stereocenters. The van der Waals surface area contributed by atoms with Crippen LogP contribution in [0.15, 0.2) is 28.8 Å². The summed E-state index contributed by atoms with van der Waals surface area (Å²) in [5, 5.41) is 9.74. The van der Waals surface area contributed by atoms with E-state index >= 15 is 0 Å². The molecule has 0 bridgehead atoms. The molecule has 0 fully saturated rings. The molecule has 2 unspecified atom stereocenters. The lowest BCUT2D eigenvalue weighted by molar-refractivity contribution is 0.446. The molecule has 0 radical (unpaired) electrons. The van der Waals surface area contributed by atoms with E-state index in [0.29, 0.717) is 11.3 Å². The minimum absolute atomic E-state index is 0.307. The summed E-state index contributed by atoms with van der Waals surface area (Å²) < 4.78 is 16.2. The lowest BCUT2D eigenvalue weighted by Gasteiger charge is -2.02. The van der Waals surface area contributed by atoms with Gasteiger partial charge in [-0.15, -0.1) is 0 Å². The van der Waals surface area contributed by atoms with Crippen molar-refractivity contribution in [3.63, 3.8) is 0 Å². The number of nitrogens with zero attached hydrogens (tertiary/aromatic N) is 1. The highest BCUT2D eigenvalue weighted by Gasteiger charge is 2.17. The zero-order valence-corrected chi connectivity index (χ0v) is 8.45. The highest BCUT2D eigenvalue weighted by atomic mass is 32.2. The fourth-order valence-corrected chi connectivity index (χ4v) is 1.70. The maximum Gasteiger partial charge on any atom is 0.167 e. The van der Waals surface area contributed by atoms with E-state index in [1.54, 1.807) is 6.92 Å². The average molecular weight is 210 g/mol. The number of aromatic nitrogens is 1. The fraction of sp³-hybridized carbons (Fsp3) is 0.222. The van der Waals surface area contributed by atoms with Crippen molar-refractivity contribution in [2.45, 2.75) is 12.2 Å². The zero-order valence-electron chi connectivity index (χ0n) is 7.64. The maximum absolute atomic E-state index is 11.1. The highest BCUT2D eigenvalue weighted by Crippen LogP contribution is 2.25. The first kappa shape index (κ1) is 9.36. The van der Waals surface area contributed by atoms with Crippen molar-refractivity contribution in [3.8, 4) is 0 Å². The van der Waals surface area contributed by atoms with Crippen molar-refractivity contribution in [3.05, 3.63) is 30.0 Å². The van der Waals surface area contributed by atoms with Gasteiger partial charge in [0.05, 0.1) is 16.2 Å². The Balaban J connectivity index is 2.58. The zero-order chi connectivity index (χ0) is 10.1. The number of benzene rings is 1. The summed E-state index contributed by atoms with van der Waals surface area (Å²) in [5.74, 6) is 0. The van der Waals surface area contributed by atoms with E-state index in [1.165, 1.54) is 0 Å². The second-order valence-electron chi connectivity index (χ2n) is 3.03. The van der Waals surface area contributed by atoms with Gasteiger partial charge in [-0.05, 0) is 19.1 Å². The first-order valence-electron chi connectivity index (χ1n) is 4.19. The second-order valence-corrected chi connectivity index (χ2v) is 4.40. The van der Waals surface area contributed by atoms with Crippen LogP contribution in [-0.2, 0) is 11.0 Å². The molecule has 1 aromatic heterocycles. The Morgan fingerprint density at radius 2 is 2.21 bits per heavy atom. The SMILES string of the molecule is CC(c1noc2ccccc12)S(N)=O. The van der Waals surface area contributed by atoms with E-state index in [1.807, 2.05) is 24.3 Å². The molecule has 0 aliphatic rings. The summed E-state index contributed by atoms with van der Waals surface area (Å²) in [4.78, 5) is 0. The number of para-hydroxylation sites is 1. The summed E-state index contributed by atoms with van der Waals surface area (Å²) in [7, 11) is -1.42. The van der Waals surface area contributed by atoms with E-state index in [4.69, 9.17) is 9.66 Å². The first-order chi connectivity index (χ1) is 6.70. The Hall–Kier alpha value is -1.20. The van der Waals surface area contributed by atoms with Crippen LogP contribution in [0.3, 0.4) is 0 Å². The molecular weight excluding hydrogens is 200 g/mol. The van der Waals surface area contributed by atoms with Gasteiger partial charge in [-0.2, -0.15) is 0 Å². The number of hydrogen-bond acceptors (Lipinski definition) is 3. The number of nitrogens with two attached hydrogens (primary N) is 1. The van der Waals surface area contributed by atoms with E-state index < -0.39 is 11.0 Å². The molecule has 2 rings (SSSR count). The normalized spacial score (nSPS) is 15.6. The molecule has 1 aromatic carbocycles. The molecule has 0 saturated heterocycles. The van der Waals surface area contributed by atoms with Gasteiger partial charge < -0.3 is 4.52 Å². The van der Waals surface area contributed by atoms with Crippen LogP contribution >= 0.6 is 0 Å². The van der Waals surface area contributed by atoms with E-state index in [2.05, 4.69) is 5.16 Å². The summed E-state index contributed by atoms with van der Waals surface area (Å²) in [6.45, 7) is 1.76. The van der Waals surface area contributed by atoms with Crippen LogP contribution < -0.4 is 5.14 Å². The van der Waals surface area contributed by atoms with Gasteiger partial charge in [-0.25, -0.2) is 4.21 Å². The van der Waals surface area contributed by atoms with E-state index in [0.717, 1.165) is 5.39 Å². The molecule has 0 aliphatic carbocycles. The van der Waals surface area contributed by atoms with Crippen LogP contribution in [0.5, 0.6) is 0 Å². The molecule has 0 aliphatic heterocycles. The van der Waals surface area contributed by atoms with Gasteiger partial charge in [0.1, 0.15) is 5.69 Å². The summed E-state index contributed by atoms with van der Waals surface area (Å²) in [6.07, 6.45) is 0. The van der Waals surface area contributed by atoms with Gasteiger partial charge in [0.15, 0.2) is 5.58 Å². The fourth-order valence-electron chi connectivity index (χ4n) is 1.31. The van der Waals surface area contributed by atoms with Crippen molar-refractivity contribution in [2.24, 2.45) is 5.14 Å². The molecule has 0 saturated carbocycles. The van der Waals surface area contributed by atoms with E-state index in [-0.39, 0.29) is 5.25 Å². The third kappa shape index (κ3) is 1.44. The molecule has 0 spiro atoms. The Morgan fingerprint density at radius 1 is 1.50 bits per heavy atom. The van der Waals surface area contributed by atoms with Gasteiger partial charge in [0, 0.05) is 5.39 Å². The maximum atomic E-state index is 11.1. The minimum Gasteiger partial charge on any atom is -0.356 e. The monoisotopic (exact) mass is 210 g/mol. The van der Waals surface area contributed by atoms with E-state index in [9.17, 15) is 4.21 Å². The van der Waals surface area contributed by atoms with Crippen molar-refractivity contribution >= 4 is 22.0 Å². The van der Waals surface area contributed by atoms with Crippen LogP contribution in [0.4, 0.5) is 0 Å². The van der Waals surface area contributed by atoms with Crippen molar-refractivity contribution in [1.29, 1.82) is 0 Å². The third-order valence-corrected chi connectivity index (χ3v) is 3.06. The number of fused-ring (bicyclic) bond motifs is 1. The van der Waals surface area contributed by atoms with Crippen LogP contribution in [0, 0.1) is 0 Å². The van der Waals surface area contributed by atoms with Crippen LogP contribution in [0.1, 0.15) is 17.9 Å². The smallest absolute Gasteiger partial charge is 0.167 e. The van der Waals surface area contributed by atoms with Crippen LogP contribution in [0.25, 0.3) is 11.0 Å². The van der Waals surface area contributed by atoms with Gasteiger partial charge in [-0.3, -0.25) is 5.14 Å². The molecule has 2 aromatic rings. The van der Waals surface area contributed by atoms with Gasteiger partial charge in [0.2, 0.25) is 0 Å². The van der Waals surface area contributed by atoms with Crippen molar-refractivity contribution < 1.29 is 8.73 Å². The summed E-state index contributed by atoms with van der Waals surface area (Å²) in [5.41, 5.74) is 1.35. The molecule has 2 N–H and O–H groups in total. The lowest BCUT2D eigenvalue weighted by Crippen LogP contribution is -2.11. The summed E-state index contributed by atoms with van der Waals surface area (Å²) >= 11 is 0. The Labute approximate surface area is 83.7 Å². The van der Waals surface area contributed by atoms with Crippen LogP contribution in [-0.4, -0.2) is 9.37 Å². The lowest BCUT2D eigenvalue weighted by atomic mass is 10.2. The molecule has 5 heteroatoms. The Bertz CT molecular complexity index is 480. The molecular formula is C9H10N2O2S. The van der Waals surface area contributed by atoms with Gasteiger partial charge in [0.25, 0.3) is 0 Å². The molecule has 1 heterocycles. The molecule has 4 nitrogen and oxygen atoms in total. The standard InChI is InChI=1S/C9H10N2O2S/c1-6(14(10)12)9-7-4-2-3-5-8(7)13-11-9/h2-6H,10H2,1H3. The predicted molar refractivity (Wildman–Crippen MR) is 54.8 cm³/mol. The Kier molecular flexibility index (Phi) is 2.35. The quantitative estimate of drug-likeness (QED) is 0.816. The second kappa shape index (κ2) is 3.51. The Morgan fingerprint density at radius 3 is 2.93 bits per heavy atom. The molecule has 74 valence electrons. The largest absolute Gasteiger partial charge is 0.356 e. The third-order valence-electron chi connectivity index (χ3n) is 2.14. The number of hydrogen-bond donors (Lipinski definition) is 1. The van der Waals surface area contributed by atoms with Crippen molar-refractivity contribution in [2.75, 3.05) is 0 Å². The predicted octanol–water partition coefficient (Wildman–Crippen LogP) is 1.51. The minimum atomic E-state index is -1.42. The van der Waals surface area contributed by atoms with Crippen molar-refractivity contribution in [1.82, 2.24) is 5.16 Å².